The minimum absolute atomic E-state index is 0.250. The number of para-hydroxylation sites is 1. The molecule has 1 atom stereocenters. The summed E-state index contributed by atoms with van der Waals surface area (Å²) < 4.78 is 5.97. The van der Waals surface area contributed by atoms with E-state index in [1.54, 1.807) is 0 Å². The predicted molar refractivity (Wildman–Crippen MR) is 71.3 cm³/mol. The molecule has 88 valence electrons. The van der Waals surface area contributed by atoms with Crippen LogP contribution in [0.1, 0.15) is 18.9 Å². The minimum Gasteiger partial charge on any atom is -0.490 e. The Kier molecular flexibility index (Phi) is 4.20. The lowest BCUT2D eigenvalue weighted by molar-refractivity contribution is 0.197. The quantitative estimate of drug-likeness (QED) is 0.746. The van der Waals surface area contributed by atoms with E-state index in [-0.39, 0.29) is 6.10 Å². The summed E-state index contributed by atoms with van der Waals surface area (Å²) in [5, 5.41) is 0. The molecule has 0 radical (unpaired) electrons. The highest BCUT2D eigenvalue weighted by atomic mass is 16.5. The van der Waals surface area contributed by atoms with Crippen molar-refractivity contribution in [2.75, 3.05) is 0 Å². The first-order valence-corrected chi connectivity index (χ1v) is 6.14. The van der Waals surface area contributed by atoms with Crippen LogP contribution in [0.5, 0.6) is 5.75 Å². The molecular formula is C16H18O. The summed E-state index contributed by atoms with van der Waals surface area (Å²) in [6, 6.07) is 20.5. The van der Waals surface area contributed by atoms with Crippen LogP contribution in [0.15, 0.2) is 60.7 Å². The second-order valence-electron chi connectivity index (χ2n) is 4.15. The smallest absolute Gasteiger partial charge is 0.119 e. The molecule has 0 amide bonds. The van der Waals surface area contributed by atoms with Crippen LogP contribution in [0.3, 0.4) is 0 Å². The first kappa shape index (κ1) is 11.7. The fourth-order valence-electron chi connectivity index (χ4n) is 1.84. The van der Waals surface area contributed by atoms with E-state index in [1.807, 2.05) is 36.4 Å². The first-order valence-electron chi connectivity index (χ1n) is 6.14. The molecule has 0 heterocycles. The van der Waals surface area contributed by atoms with Gasteiger partial charge in [0.05, 0.1) is 0 Å². The number of rotatable bonds is 5. The maximum atomic E-state index is 5.97. The SMILES string of the molecule is CCC(Cc1ccccc1)Oc1ccccc1. The van der Waals surface area contributed by atoms with E-state index in [0.717, 1.165) is 18.6 Å². The van der Waals surface area contributed by atoms with Gasteiger partial charge in [0.15, 0.2) is 0 Å². The third-order valence-corrected chi connectivity index (χ3v) is 2.81. The van der Waals surface area contributed by atoms with Crippen LogP contribution >= 0.6 is 0 Å². The Labute approximate surface area is 103 Å². The monoisotopic (exact) mass is 226 g/mol. The second kappa shape index (κ2) is 6.09. The van der Waals surface area contributed by atoms with Crippen LogP contribution in [0.2, 0.25) is 0 Å². The average Bonchev–Trinajstić information content (AvgIpc) is 2.40. The highest BCUT2D eigenvalue weighted by Gasteiger charge is 2.08. The lowest BCUT2D eigenvalue weighted by atomic mass is 10.1. The van der Waals surface area contributed by atoms with Gasteiger partial charge >= 0.3 is 0 Å². The molecule has 0 aliphatic rings. The van der Waals surface area contributed by atoms with Crippen molar-refractivity contribution in [1.82, 2.24) is 0 Å². The van der Waals surface area contributed by atoms with Crippen molar-refractivity contribution in [2.24, 2.45) is 0 Å². The molecule has 2 aromatic rings. The van der Waals surface area contributed by atoms with E-state index < -0.39 is 0 Å². The largest absolute Gasteiger partial charge is 0.490 e. The minimum atomic E-state index is 0.250. The van der Waals surface area contributed by atoms with Crippen molar-refractivity contribution >= 4 is 0 Å². The zero-order valence-electron chi connectivity index (χ0n) is 10.2. The van der Waals surface area contributed by atoms with Gasteiger partial charge in [-0.25, -0.2) is 0 Å². The topological polar surface area (TPSA) is 9.23 Å². The molecule has 0 saturated heterocycles. The van der Waals surface area contributed by atoms with Crippen molar-refractivity contribution in [2.45, 2.75) is 25.9 Å². The molecule has 1 heteroatoms. The first-order chi connectivity index (χ1) is 8.38. The van der Waals surface area contributed by atoms with Gasteiger partial charge < -0.3 is 4.74 Å². The van der Waals surface area contributed by atoms with Gasteiger partial charge in [-0.15, -0.1) is 0 Å². The summed E-state index contributed by atoms with van der Waals surface area (Å²) in [7, 11) is 0. The van der Waals surface area contributed by atoms with Gasteiger partial charge in [-0.1, -0.05) is 55.5 Å². The Balaban J connectivity index is 1.98. The molecule has 0 aliphatic heterocycles. The van der Waals surface area contributed by atoms with Gasteiger partial charge in [-0.05, 0) is 24.1 Å². The van der Waals surface area contributed by atoms with Gasteiger partial charge in [0.2, 0.25) is 0 Å². The lowest BCUT2D eigenvalue weighted by Gasteiger charge is -2.17. The molecule has 0 N–H and O–H groups in total. The summed E-state index contributed by atoms with van der Waals surface area (Å²) in [5.41, 5.74) is 1.33. The lowest BCUT2D eigenvalue weighted by Crippen LogP contribution is -2.18. The number of ether oxygens (including phenoxy) is 1. The summed E-state index contributed by atoms with van der Waals surface area (Å²) in [6.07, 6.45) is 2.23. The Hall–Kier alpha value is -1.76. The van der Waals surface area contributed by atoms with E-state index in [9.17, 15) is 0 Å². The zero-order valence-corrected chi connectivity index (χ0v) is 10.2. The van der Waals surface area contributed by atoms with Gasteiger partial charge in [-0.3, -0.25) is 0 Å². The fourth-order valence-corrected chi connectivity index (χ4v) is 1.84. The molecule has 1 nitrogen and oxygen atoms in total. The van der Waals surface area contributed by atoms with Gasteiger partial charge in [0, 0.05) is 6.42 Å². The van der Waals surface area contributed by atoms with E-state index >= 15 is 0 Å². The van der Waals surface area contributed by atoms with Crippen molar-refractivity contribution in [3.8, 4) is 5.75 Å². The van der Waals surface area contributed by atoms with Crippen LogP contribution in [0, 0.1) is 0 Å². The summed E-state index contributed by atoms with van der Waals surface area (Å²) >= 11 is 0. The summed E-state index contributed by atoms with van der Waals surface area (Å²) in [5.74, 6) is 0.954. The normalized spacial score (nSPS) is 12.1. The van der Waals surface area contributed by atoms with Crippen molar-refractivity contribution < 1.29 is 4.74 Å². The van der Waals surface area contributed by atoms with E-state index in [1.165, 1.54) is 5.56 Å². The Morgan fingerprint density at radius 2 is 1.47 bits per heavy atom. The van der Waals surface area contributed by atoms with Crippen LogP contribution in [-0.2, 0) is 6.42 Å². The molecule has 0 fully saturated rings. The van der Waals surface area contributed by atoms with Crippen molar-refractivity contribution in [3.05, 3.63) is 66.2 Å². The van der Waals surface area contributed by atoms with Crippen LogP contribution in [0.25, 0.3) is 0 Å². The third kappa shape index (κ3) is 3.63. The van der Waals surface area contributed by atoms with E-state index in [2.05, 4.69) is 31.2 Å². The second-order valence-corrected chi connectivity index (χ2v) is 4.15. The fraction of sp³-hybridized carbons (Fsp3) is 0.250. The molecule has 1 unspecified atom stereocenters. The Morgan fingerprint density at radius 3 is 2.06 bits per heavy atom. The Bertz CT molecular complexity index is 380. The zero-order chi connectivity index (χ0) is 11.9. The predicted octanol–water partition coefficient (Wildman–Crippen LogP) is 4.09. The number of hydrogen-bond donors (Lipinski definition) is 0. The number of hydrogen-bond acceptors (Lipinski definition) is 1. The van der Waals surface area contributed by atoms with Crippen LogP contribution < -0.4 is 4.74 Å². The maximum Gasteiger partial charge on any atom is 0.119 e. The highest BCUT2D eigenvalue weighted by molar-refractivity contribution is 5.22. The van der Waals surface area contributed by atoms with E-state index in [4.69, 9.17) is 4.74 Å². The van der Waals surface area contributed by atoms with Gasteiger partial charge in [0.1, 0.15) is 11.9 Å². The standard InChI is InChI=1S/C16H18O/c1-2-15(13-14-9-5-3-6-10-14)17-16-11-7-4-8-12-16/h3-12,15H,2,13H2,1H3. The molecular weight excluding hydrogens is 208 g/mol. The highest BCUT2D eigenvalue weighted by Crippen LogP contribution is 2.15. The molecule has 2 aromatic carbocycles. The third-order valence-electron chi connectivity index (χ3n) is 2.81. The molecule has 0 spiro atoms. The van der Waals surface area contributed by atoms with E-state index in [0.29, 0.717) is 0 Å². The molecule has 0 bridgehead atoms. The molecule has 0 aromatic heterocycles. The average molecular weight is 226 g/mol. The van der Waals surface area contributed by atoms with Crippen LogP contribution in [0.4, 0.5) is 0 Å². The molecule has 2 rings (SSSR count). The van der Waals surface area contributed by atoms with Crippen molar-refractivity contribution in [3.63, 3.8) is 0 Å². The molecule has 17 heavy (non-hydrogen) atoms. The van der Waals surface area contributed by atoms with Crippen molar-refractivity contribution in [1.29, 1.82) is 0 Å². The maximum absolute atomic E-state index is 5.97. The van der Waals surface area contributed by atoms with Gasteiger partial charge in [0.25, 0.3) is 0 Å². The molecule has 0 saturated carbocycles. The summed E-state index contributed by atoms with van der Waals surface area (Å²) in [6.45, 7) is 2.16. The van der Waals surface area contributed by atoms with Crippen LogP contribution in [-0.4, -0.2) is 6.10 Å². The Morgan fingerprint density at radius 1 is 0.882 bits per heavy atom. The molecule has 0 aliphatic carbocycles. The number of benzene rings is 2. The summed E-state index contributed by atoms with van der Waals surface area (Å²) in [4.78, 5) is 0. The van der Waals surface area contributed by atoms with Gasteiger partial charge in [-0.2, -0.15) is 0 Å².